The Morgan fingerprint density at radius 1 is 1.31 bits per heavy atom. The molecule has 1 aromatic rings. The quantitative estimate of drug-likeness (QED) is 0.737. The minimum atomic E-state index is -0.00948. The number of rotatable bonds is 1. The van der Waals surface area contributed by atoms with Crippen molar-refractivity contribution >= 4 is 17.5 Å². The molecule has 0 bridgehead atoms. The monoisotopic (exact) mass is 239 g/mol. The minimum absolute atomic E-state index is 0.00948. The largest absolute Gasteiger partial charge is 0.335 e. The Kier molecular flexibility index (Phi) is 3.41. The number of carbonyl (C=O) groups is 1. The molecule has 0 saturated carbocycles. The first-order valence-corrected chi connectivity index (χ1v) is 5.64. The van der Waals surface area contributed by atoms with Gasteiger partial charge < -0.3 is 9.80 Å². The highest BCUT2D eigenvalue weighted by Gasteiger charge is 2.20. The van der Waals surface area contributed by atoms with E-state index in [9.17, 15) is 4.79 Å². The molecule has 16 heavy (non-hydrogen) atoms. The molecule has 0 aliphatic carbocycles. The summed E-state index contributed by atoms with van der Waals surface area (Å²) in [5.41, 5.74) is 0.467. The SMILES string of the molecule is CN1CCN(C(=O)c2ccc(Cl)cn2)CC1. The molecular formula is C11H14ClN3O. The standard InChI is InChI=1S/C11H14ClN3O/c1-14-4-6-15(7-5-14)11(16)10-3-2-9(12)8-13-10/h2-3,8H,4-7H2,1H3. The first-order chi connectivity index (χ1) is 7.66. The molecule has 0 atom stereocenters. The van der Waals surface area contributed by atoms with Crippen LogP contribution in [-0.4, -0.2) is 53.9 Å². The fraction of sp³-hybridized carbons (Fsp3) is 0.455. The van der Waals surface area contributed by atoms with Crippen molar-refractivity contribution in [1.29, 1.82) is 0 Å². The maximum atomic E-state index is 12.0. The summed E-state index contributed by atoms with van der Waals surface area (Å²) in [6, 6.07) is 3.36. The molecule has 0 unspecified atom stereocenters. The van der Waals surface area contributed by atoms with E-state index in [0.717, 1.165) is 26.2 Å². The van der Waals surface area contributed by atoms with Gasteiger partial charge in [-0.1, -0.05) is 11.6 Å². The van der Waals surface area contributed by atoms with Gasteiger partial charge in [-0.05, 0) is 19.2 Å². The highest BCUT2D eigenvalue weighted by molar-refractivity contribution is 6.30. The number of carbonyl (C=O) groups excluding carboxylic acids is 1. The summed E-state index contributed by atoms with van der Waals surface area (Å²) in [6.45, 7) is 3.36. The molecule has 0 spiro atoms. The number of piperazine rings is 1. The molecule has 4 nitrogen and oxygen atoms in total. The van der Waals surface area contributed by atoms with Crippen LogP contribution in [0.25, 0.3) is 0 Å². The zero-order valence-corrected chi connectivity index (χ0v) is 9.94. The van der Waals surface area contributed by atoms with Gasteiger partial charge >= 0.3 is 0 Å². The number of amides is 1. The summed E-state index contributed by atoms with van der Waals surface area (Å²) >= 11 is 5.73. The minimum Gasteiger partial charge on any atom is -0.335 e. The second-order valence-electron chi connectivity index (χ2n) is 3.96. The number of hydrogen-bond donors (Lipinski definition) is 0. The lowest BCUT2D eigenvalue weighted by Gasteiger charge is -2.32. The summed E-state index contributed by atoms with van der Waals surface area (Å²) in [5, 5.41) is 0.551. The number of halogens is 1. The molecule has 0 N–H and O–H groups in total. The van der Waals surface area contributed by atoms with Gasteiger partial charge in [0.05, 0.1) is 5.02 Å². The van der Waals surface area contributed by atoms with Crippen molar-refractivity contribution in [2.24, 2.45) is 0 Å². The average Bonchev–Trinajstić information content (AvgIpc) is 2.30. The molecule has 2 rings (SSSR count). The van der Waals surface area contributed by atoms with Crippen LogP contribution in [0.4, 0.5) is 0 Å². The summed E-state index contributed by atoms with van der Waals surface area (Å²) < 4.78 is 0. The molecule has 1 amide bonds. The van der Waals surface area contributed by atoms with Crippen molar-refractivity contribution in [2.45, 2.75) is 0 Å². The Hall–Kier alpha value is -1.13. The summed E-state index contributed by atoms with van der Waals surface area (Å²) in [5.74, 6) is -0.00948. The van der Waals surface area contributed by atoms with Crippen molar-refractivity contribution in [3.05, 3.63) is 29.0 Å². The van der Waals surface area contributed by atoms with E-state index in [1.54, 1.807) is 12.1 Å². The number of pyridine rings is 1. The second-order valence-corrected chi connectivity index (χ2v) is 4.39. The zero-order valence-electron chi connectivity index (χ0n) is 9.19. The van der Waals surface area contributed by atoms with Crippen LogP contribution < -0.4 is 0 Å². The second kappa shape index (κ2) is 4.80. The van der Waals surface area contributed by atoms with E-state index < -0.39 is 0 Å². The Labute approximate surface area is 99.8 Å². The highest BCUT2D eigenvalue weighted by atomic mass is 35.5. The van der Waals surface area contributed by atoms with Gasteiger partial charge in [0.15, 0.2) is 0 Å². The highest BCUT2D eigenvalue weighted by Crippen LogP contribution is 2.09. The molecule has 0 radical (unpaired) electrons. The van der Waals surface area contributed by atoms with Crippen LogP contribution >= 0.6 is 11.6 Å². The van der Waals surface area contributed by atoms with E-state index in [1.165, 1.54) is 6.20 Å². The number of nitrogens with zero attached hydrogens (tertiary/aromatic N) is 3. The molecule has 5 heteroatoms. The Bertz CT molecular complexity index is 371. The van der Waals surface area contributed by atoms with Crippen LogP contribution in [0.3, 0.4) is 0 Å². The third-order valence-corrected chi connectivity index (χ3v) is 2.96. The summed E-state index contributed by atoms with van der Waals surface area (Å²) in [7, 11) is 2.06. The predicted molar refractivity (Wildman–Crippen MR) is 62.6 cm³/mol. The van der Waals surface area contributed by atoms with Gasteiger partial charge in [0.25, 0.3) is 5.91 Å². The fourth-order valence-electron chi connectivity index (χ4n) is 1.67. The first-order valence-electron chi connectivity index (χ1n) is 5.26. The first kappa shape index (κ1) is 11.4. The Balaban J connectivity index is 2.05. The number of aromatic nitrogens is 1. The zero-order chi connectivity index (χ0) is 11.5. The van der Waals surface area contributed by atoms with Crippen LogP contribution in [0.15, 0.2) is 18.3 Å². The topological polar surface area (TPSA) is 36.4 Å². The summed E-state index contributed by atoms with van der Waals surface area (Å²) in [4.78, 5) is 20.1. The molecule has 1 fully saturated rings. The molecule has 1 aliphatic heterocycles. The Morgan fingerprint density at radius 2 is 2.00 bits per heavy atom. The maximum Gasteiger partial charge on any atom is 0.272 e. The van der Waals surface area contributed by atoms with Gasteiger partial charge in [0, 0.05) is 32.4 Å². The van der Waals surface area contributed by atoms with Crippen molar-refractivity contribution < 1.29 is 4.79 Å². The van der Waals surface area contributed by atoms with E-state index in [2.05, 4.69) is 16.9 Å². The molecule has 0 aromatic carbocycles. The molecule has 1 aliphatic rings. The molecule has 86 valence electrons. The Morgan fingerprint density at radius 3 is 2.56 bits per heavy atom. The van der Waals surface area contributed by atoms with Crippen LogP contribution in [0, 0.1) is 0 Å². The van der Waals surface area contributed by atoms with Crippen LogP contribution in [0.5, 0.6) is 0 Å². The van der Waals surface area contributed by atoms with Gasteiger partial charge in [-0.2, -0.15) is 0 Å². The third-order valence-electron chi connectivity index (χ3n) is 2.74. The summed E-state index contributed by atoms with van der Waals surface area (Å²) in [6.07, 6.45) is 1.50. The van der Waals surface area contributed by atoms with E-state index in [0.29, 0.717) is 10.7 Å². The maximum absolute atomic E-state index is 12.0. The smallest absolute Gasteiger partial charge is 0.272 e. The normalized spacial score (nSPS) is 17.5. The molecule has 1 saturated heterocycles. The molecule has 1 aromatic heterocycles. The fourth-order valence-corrected chi connectivity index (χ4v) is 1.79. The van der Waals surface area contributed by atoms with Crippen molar-refractivity contribution in [3.8, 4) is 0 Å². The van der Waals surface area contributed by atoms with E-state index >= 15 is 0 Å². The van der Waals surface area contributed by atoms with E-state index in [1.807, 2.05) is 4.90 Å². The van der Waals surface area contributed by atoms with Gasteiger partial charge in [0.1, 0.15) is 5.69 Å². The van der Waals surface area contributed by atoms with E-state index in [4.69, 9.17) is 11.6 Å². The molecule has 2 heterocycles. The van der Waals surface area contributed by atoms with Crippen molar-refractivity contribution in [3.63, 3.8) is 0 Å². The van der Waals surface area contributed by atoms with Crippen LogP contribution in [-0.2, 0) is 0 Å². The lowest BCUT2D eigenvalue weighted by molar-refractivity contribution is 0.0658. The predicted octanol–water partition coefficient (Wildman–Crippen LogP) is 1.12. The van der Waals surface area contributed by atoms with Gasteiger partial charge in [0.2, 0.25) is 0 Å². The molecular weight excluding hydrogens is 226 g/mol. The lowest BCUT2D eigenvalue weighted by Crippen LogP contribution is -2.47. The average molecular weight is 240 g/mol. The van der Waals surface area contributed by atoms with Gasteiger partial charge in [-0.15, -0.1) is 0 Å². The number of likely N-dealkylation sites (N-methyl/N-ethyl adjacent to an activating group) is 1. The van der Waals surface area contributed by atoms with Crippen LogP contribution in [0.2, 0.25) is 5.02 Å². The van der Waals surface area contributed by atoms with Gasteiger partial charge in [-0.25, -0.2) is 4.98 Å². The number of hydrogen-bond acceptors (Lipinski definition) is 3. The third kappa shape index (κ3) is 2.51. The lowest BCUT2D eigenvalue weighted by atomic mass is 10.2. The van der Waals surface area contributed by atoms with Gasteiger partial charge in [-0.3, -0.25) is 4.79 Å². The van der Waals surface area contributed by atoms with Crippen molar-refractivity contribution in [1.82, 2.24) is 14.8 Å². The van der Waals surface area contributed by atoms with Crippen LogP contribution in [0.1, 0.15) is 10.5 Å². The van der Waals surface area contributed by atoms with E-state index in [-0.39, 0.29) is 5.91 Å². The van der Waals surface area contributed by atoms with Crippen molar-refractivity contribution in [2.75, 3.05) is 33.2 Å².